The molecule has 0 aliphatic heterocycles. The molecule has 3 N–H and O–H groups in total. The third-order valence-electron chi connectivity index (χ3n) is 15.8. The van der Waals surface area contributed by atoms with Gasteiger partial charge in [0.25, 0.3) is 0 Å². The lowest BCUT2D eigenvalue weighted by Gasteiger charge is -2.21. The Hall–Kier alpha value is -5.06. The highest BCUT2D eigenvalue weighted by Crippen LogP contribution is 2.45. The number of unbranched alkanes of at least 4 members (excludes halogenated alkanes) is 23. The van der Waals surface area contributed by atoms with Gasteiger partial charge in [0.15, 0.2) is 12.2 Å². The number of carbonyl (C=O) groups is 4. The zero-order chi connectivity index (χ0) is 74.6. The number of rotatable bonds is 72. The van der Waals surface area contributed by atoms with Crippen LogP contribution in [0.2, 0.25) is 0 Å². The van der Waals surface area contributed by atoms with E-state index in [-0.39, 0.29) is 25.7 Å². The van der Waals surface area contributed by atoms with Crippen molar-refractivity contribution in [1.29, 1.82) is 0 Å². The molecule has 0 bridgehead atoms. The lowest BCUT2D eigenvalue weighted by molar-refractivity contribution is -0.161. The summed E-state index contributed by atoms with van der Waals surface area (Å²) in [4.78, 5) is 72.9. The lowest BCUT2D eigenvalue weighted by Crippen LogP contribution is -2.30. The molecule has 0 aromatic heterocycles. The molecule has 19 heteroatoms. The molecule has 0 saturated heterocycles. The van der Waals surface area contributed by atoms with E-state index in [1.807, 2.05) is 18.2 Å². The van der Waals surface area contributed by atoms with Crippen LogP contribution in [0, 0.1) is 0 Å². The summed E-state index contributed by atoms with van der Waals surface area (Å²) in [5.74, 6) is -2.37. The average molecular weight is 1470 g/mol. The monoisotopic (exact) mass is 1470 g/mol. The zero-order valence-electron chi connectivity index (χ0n) is 63.5. The van der Waals surface area contributed by atoms with Crippen molar-refractivity contribution in [3.8, 4) is 0 Å². The number of esters is 4. The first-order valence-corrected chi connectivity index (χ1v) is 42.1. The molecule has 5 atom stereocenters. The Balaban J connectivity index is 5.44. The van der Waals surface area contributed by atoms with E-state index < -0.39 is 97.5 Å². The molecule has 102 heavy (non-hydrogen) atoms. The fraction of sp³-hybridized carbons (Fsp3) is 0.663. The Kier molecular flexibility index (Phi) is 70.5. The van der Waals surface area contributed by atoms with Crippen molar-refractivity contribution in [2.75, 3.05) is 39.6 Å². The Labute approximate surface area is 617 Å². The predicted octanol–water partition coefficient (Wildman–Crippen LogP) is 22.7. The number of phosphoric ester groups is 2. The van der Waals surface area contributed by atoms with E-state index in [0.717, 1.165) is 173 Å². The molecule has 0 radical (unpaired) electrons. The van der Waals surface area contributed by atoms with Crippen molar-refractivity contribution in [2.24, 2.45) is 0 Å². The number of allylic oxidation sites excluding steroid dienone is 23. The molecule has 0 rings (SSSR count). The Morgan fingerprint density at radius 1 is 0.294 bits per heavy atom. The van der Waals surface area contributed by atoms with Gasteiger partial charge in [0, 0.05) is 19.3 Å². The number of phosphoric acid groups is 2. The normalized spacial score (nSPS) is 14.7. The minimum atomic E-state index is -5.00. The van der Waals surface area contributed by atoms with E-state index in [4.69, 9.17) is 37.0 Å². The molecular formula is C83H138O17P2. The minimum Gasteiger partial charge on any atom is -0.462 e. The van der Waals surface area contributed by atoms with Gasteiger partial charge in [-0.3, -0.25) is 37.3 Å². The van der Waals surface area contributed by atoms with Gasteiger partial charge < -0.3 is 33.8 Å². The van der Waals surface area contributed by atoms with Crippen molar-refractivity contribution < 1.29 is 80.2 Å². The molecule has 0 aromatic rings. The predicted molar refractivity (Wildman–Crippen MR) is 417 cm³/mol. The third kappa shape index (κ3) is 73.3. The zero-order valence-corrected chi connectivity index (χ0v) is 65.3. The molecule has 0 saturated carbocycles. The van der Waals surface area contributed by atoms with Gasteiger partial charge in [-0.1, -0.05) is 270 Å². The quantitative estimate of drug-likeness (QED) is 0.0169. The van der Waals surface area contributed by atoms with Crippen molar-refractivity contribution in [2.45, 2.75) is 316 Å². The number of carbonyl (C=O) groups excluding carboxylic acids is 4. The third-order valence-corrected chi connectivity index (χ3v) is 17.7. The smallest absolute Gasteiger partial charge is 0.462 e. The highest BCUT2D eigenvalue weighted by Gasteiger charge is 2.30. The maximum atomic E-state index is 13.1. The summed E-state index contributed by atoms with van der Waals surface area (Å²) in [6, 6.07) is 0. The molecule has 0 spiro atoms. The van der Waals surface area contributed by atoms with E-state index in [0.29, 0.717) is 25.7 Å². The fourth-order valence-electron chi connectivity index (χ4n) is 9.90. The molecular weight excluding hydrogens is 1330 g/mol. The molecule has 0 aliphatic rings. The topological polar surface area (TPSA) is 237 Å². The SMILES string of the molecule is CC/C=C\C/C=C\C/C=C\C/C=C\C/C=C\CC(=O)OCC(COP(=O)(O)OCC(O)COP(=O)(O)OCC(COC(=O)CCCCCCCC/C=C\C/C=C\C/C=C\C/C=C\CC)OC(=O)CCCCCCC/C=C\C/C=C\CCCCC)OC(=O)CCCCCCC/C=C\CCCCCC. The summed E-state index contributed by atoms with van der Waals surface area (Å²) >= 11 is 0. The summed E-state index contributed by atoms with van der Waals surface area (Å²) in [5.41, 5.74) is 0. The number of ether oxygens (including phenoxy) is 4. The van der Waals surface area contributed by atoms with Crippen LogP contribution in [0.4, 0.5) is 0 Å². The molecule has 0 fully saturated rings. The van der Waals surface area contributed by atoms with Gasteiger partial charge >= 0.3 is 39.5 Å². The first-order valence-electron chi connectivity index (χ1n) is 39.1. The summed E-state index contributed by atoms with van der Waals surface area (Å²) in [5, 5.41) is 10.6. The maximum Gasteiger partial charge on any atom is 0.472 e. The first-order chi connectivity index (χ1) is 49.7. The number of hydrogen-bond acceptors (Lipinski definition) is 15. The lowest BCUT2D eigenvalue weighted by atomic mass is 10.1. The van der Waals surface area contributed by atoms with Crippen LogP contribution in [0.3, 0.4) is 0 Å². The van der Waals surface area contributed by atoms with Gasteiger partial charge in [-0.2, -0.15) is 0 Å². The van der Waals surface area contributed by atoms with E-state index in [1.165, 1.54) is 44.9 Å². The van der Waals surface area contributed by atoms with Crippen molar-refractivity contribution >= 4 is 39.5 Å². The molecule has 17 nitrogen and oxygen atoms in total. The fourth-order valence-corrected chi connectivity index (χ4v) is 11.5. The minimum absolute atomic E-state index is 0.0617. The van der Waals surface area contributed by atoms with Crippen LogP contribution in [0.5, 0.6) is 0 Å². The van der Waals surface area contributed by atoms with Gasteiger partial charge in [-0.25, -0.2) is 9.13 Å². The molecule has 0 heterocycles. The highest BCUT2D eigenvalue weighted by atomic mass is 31.2. The number of hydrogen-bond donors (Lipinski definition) is 3. The Morgan fingerprint density at radius 2 is 0.549 bits per heavy atom. The van der Waals surface area contributed by atoms with E-state index in [1.54, 1.807) is 6.08 Å². The van der Waals surface area contributed by atoms with E-state index >= 15 is 0 Å². The molecule has 0 amide bonds. The Morgan fingerprint density at radius 3 is 0.902 bits per heavy atom. The van der Waals surface area contributed by atoms with Crippen molar-refractivity contribution in [1.82, 2.24) is 0 Å². The second-order valence-electron chi connectivity index (χ2n) is 25.5. The number of aliphatic hydroxyl groups excluding tert-OH is 1. The van der Waals surface area contributed by atoms with Gasteiger partial charge in [-0.05, 0) is 148 Å². The molecule has 0 aromatic carbocycles. The van der Waals surface area contributed by atoms with Gasteiger partial charge in [-0.15, -0.1) is 0 Å². The number of aliphatic hydroxyl groups is 1. The summed E-state index contributed by atoms with van der Waals surface area (Å²) in [7, 11) is -10.00. The van der Waals surface area contributed by atoms with Gasteiger partial charge in [0.2, 0.25) is 0 Å². The largest absolute Gasteiger partial charge is 0.472 e. The molecule has 5 unspecified atom stereocenters. The molecule has 582 valence electrons. The molecule has 0 aliphatic carbocycles. The van der Waals surface area contributed by atoms with Gasteiger partial charge in [0.05, 0.1) is 32.8 Å². The Bertz CT molecular complexity index is 2510. The maximum absolute atomic E-state index is 13.1. The van der Waals surface area contributed by atoms with E-state index in [2.05, 4.69) is 149 Å². The van der Waals surface area contributed by atoms with Crippen molar-refractivity contribution in [3.05, 3.63) is 146 Å². The van der Waals surface area contributed by atoms with Gasteiger partial charge in [0.1, 0.15) is 19.3 Å². The first kappa shape index (κ1) is 96.9. The van der Waals surface area contributed by atoms with Crippen LogP contribution in [-0.2, 0) is 65.4 Å². The van der Waals surface area contributed by atoms with Crippen LogP contribution in [0.15, 0.2) is 146 Å². The van der Waals surface area contributed by atoms with Crippen molar-refractivity contribution in [3.63, 3.8) is 0 Å². The second-order valence-corrected chi connectivity index (χ2v) is 28.5. The van der Waals surface area contributed by atoms with Crippen LogP contribution in [0.1, 0.15) is 297 Å². The van der Waals surface area contributed by atoms with Crippen LogP contribution in [-0.4, -0.2) is 96.7 Å². The van der Waals surface area contributed by atoms with Crippen LogP contribution >= 0.6 is 15.6 Å². The highest BCUT2D eigenvalue weighted by molar-refractivity contribution is 7.47. The summed E-state index contributed by atoms with van der Waals surface area (Å²) < 4.78 is 68.4. The van der Waals surface area contributed by atoms with Crippen LogP contribution in [0.25, 0.3) is 0 Å². The summed E-state index contributed by atoms with van der Waals surface area (Å²) in [6.07, 6.45) is 84.3. The summed E-state index contributed by atoms with van der Waals surface area (Å²) in [6.45, 7) is 4.44. The second kappa shape index (κ2) is 74.2. The van der Waals surface area contributed by atoms with E-state index in [9.17, 15) is 43.2 Å². The average Bonchev–Trinajstić information content (AvgIpc) is 0.909. The standard InChI is InChI=1S/C83H138O17P2/c1-5-9-13-17-21-25-29-33-36-37-38-39-42-45-48-52-56-60-64-68-81(86)94-74-79(100-83(88)70-66-62-58-54-50-46-41-35-31-27-23-19-15-11-7-3)76-98-102(91,92)96-72-77(84)71-95-101(89,90)97-75-78(99-82(87)69-65-61-57-53-49-43-32-28-24-20-16-12-8-4)73-93-80(85)67-63-59-55-51-47-44-40-34-30-26-22-18-14-10-6-2/h9-10,13-14,21-23,25-28,32-36,38-41,47,51,59,63,77-79,84H,5-8,11-12,15-20,24,29-31,37,42-46,48-50,52-58,60-62,64-76H2,1-4H3,(H,89,90)(H,91,92)/b13-9-,14-10-,25-21-,26-22-,27-23-,32-28-,36-33-,39-38-,40-34-,41-35-,51-47-,63-59-. The van der Waals surface area contributed by atoms with Crippen LogP contribution < -0.4 is 0 Å².